The molecule has 82 valence electrons. The van der Waals surface area contributed by atoms with Gasteiger partial charge in [-0.1, -0.05) is 0 Å². The van der Waals surface area contributed by atoms with Gasteiger partial charge < -0.3 is 0 Å². The molecular formula is C13H11ClOTe. The first-order chi connectivity index (χ1) is 7.79. The van der Waals surface area contributed by atoms with E-state index < -0.39 is 0 Å². The number of hydrogen-bond donors (Lipinski definition) is 0. The summed E-state index contributed by atoms with van der Waals surface area (Å²) in [6, 6.07) is 16.3. The second-order valence-electron chi connectivity index (χ2n) is 3.21. The molecular weight excluding hydrogens is 335 g/mol. The fraction of sp³-hybridized carbons (Fsp3) is 0.0769. The number of benzene rings is 2. The molecule has 0 fully saturated rings. The van der Waals surface area contributed by atoms with Gasteiger partial charge in [0.2, 0.25) is 0 Å². The SMILES string of the molecule is COc1ccc([Te]c2ccccc2Cl)cc1. The third-order valence-corrected chi connectivity index (χ3v) is 5.90. The summed E-state index contributed by atoms with van der Waals surface area (Å²) < 4.78 is 7.77. The zero-order valence-corrected chi connectivity index (χ0v) is 11.9. The van der Waals surface area contributed by atoms with E-state index in [9.17, 15) is 0 Å². The molecule has 3 heteroatoms. The molecule has 0 atom stereocenters. The van der Waals surface area contributed by atoms with Crippen LogP contribution in [0.4, 0.5) is 0 Å². The van der Waals surface area contributed by atoms with E-state index in [1.54, 1.807) is 7.11 Å². The number of rotatable bonds is 3. The molecule has 0 radical (unpaired) electrons. The molecule has 0 saturated heterocycles. The number of methoxy groups -OCH3 is 1. The fourth-order valence-electron chi connectivity index (χ4n) is 1.30. The van der Waals surface area contributed by atoms with Crippen molar-refractivity contribution in [2.45, 2.75) is 0 Å². The molecule has 0 aromatic heterocycles. The Hall–Kier alpha value is -0.680. The van der Waals surface area contributed by atoms with Gasteiger partial charge in [0.1, 0.15) is 0 Å². The first-order valence-corrected chi connectivity index (χ1v) is 7.57. The Morgan fingerprint density at radius 1 is 1.00 bits per heavy atom. The van der Waals surface area contributed by atoms with Crippen LogP contribution in [0.3, 0.4) is 0 Å². The van der Waals surface area contributed by atoms with Gasteiger partial charge in [0.15, 0.2) is 0 Å². The first kappa shape index (κ1) is 11.8. The molecule has 0 heterocycles. The maximum atomic E-state index is 6.14. The molecule has 0 aliphatic heterocycles. The van der Waals surface area contributed by atoms with Crippen molar-refractivity contribution in [2.75, 3.05) is 7.11 Å². The summed E-state index contributed by atoms with van der Waals surface area (Å²) >= 11 is 5.75. The summed E-state index contributed by atoms with van der Waals surface area (Å²) in [6.07, 6.45) is 0. The maximum absolute atomic E-state index is 6.14. The second-order valence-corrected chi connectivity index (χ2v) is 6.80. The molecule has 0 unspecified atom stereocenters. The van der Waals surface area contributed by atoms with Gasteiger partial charge in [-0.3, -0.25) is 0 Å². The summed E-state index contributed by atoms with van der Waals surface area (Å²) in [5.74, 6) is 0.898. The Bertz CT molecular complexity index is 468. The van der Waals surface area contributed by atoms with Crippen LogP contribution in [0.5, 0.6) is 5.75 Å². The summed E-state index contributed by atoms with van der Waals surface area (Å²) in [4.78, 5) is 0. The Morgan fingerprint density at radius 3 is 2.31 bits per heavy atom. The Balaban J connectivity index is 2.18. The molecule has 0 aliphatic carbocycles. The summed E-state index contributed by atoms with van der Waals surface area (Å²) in [7, 11) is 1.68. The average Bonchev–Trinajstić information content (AvgIpc) is 2.33. The third kappa shape index (κ3) is 2.92. The van der Waals surface area contributed by atoms with Crippen LogP contribution in [0.2, 0.25) is 5.02 Å². The van der Waals surface area contributed by atoms with Crippen molar-refractivity contribution in [2.24, 2.45) is 0 Å². The summed E-state index contributed by atoms with van der Waals surface area (Å²) in [6.45, 7) is 0. The molecule has 2 aromatic rings. The summed E-state index contributed by atoms with van der Waals surface area (Å²) in [5, 5.41) is 0.876. The van der Waals surface area contributed by atoms with E-state index in [1.165, 1.54) is 7.22 Å². The van der Waals surface area contributed by atoms with Crippen LogP contribution in [0.1, 0.15) is 0 Å². The zero-order valence-electron chi connectivity index (χ0n) is 8.81. The topological polar surface area (TPSA) is 9.23 Å². The van der Waals surface area contributed by atoms with Gasteiger partial charge in [-0.05, 0) is 0 Å². The second kappa shape index (κ2) is 5.59. The van der Waals surface area contributed by atoms with E-state index in [0.29, 0.717) is 0 Å². The Morgan fingerprint density at radius 2 is 1.69 bits per heavy atom. The van der Waals surface area contributed by atoms with Gasteiger partial charge in [-0.2, -0.15) is 0 Å². The number of hydrogen-bond acceptors (Lipinski definition) is 1. The molecule has 0 aliphatic rings. The normalized spacial score (nSPS) is 10.1. The molecule has 0 N–H and O–H groups in total. The van der Waals surface area contributed by atoms with Crippen molar-refractivity contribution < 1.29 is 4.74 Å². The van der Waals surface area contributed by atoms with Crippen LogP contribution < -0.4 is 12.0 Å². The van der Waals surface area contributed by atoms with Crippen molar-refractivity contribution >= 4 is 39.7 Å². The van der Waals surface area contributed by atoms with Gasteiger partial charge >= 0.3 is 111 Å². The van der Waals surface area contributed by atoms with Crippen molar-refractivity contribution in [1.82, 2.24) is 0 Å². The molecule has 2 rings (SSSR count). The van der Waals surface area contributed by atoms with E-state index >= 15 is 0 Å². The van der Waals surface area contributed by atoms with Crippen molar-refractivity contribution in [3.8, 4) is 5.75 Å². The van der Waals surface area contributed by atoms with Crippen LogP contribution in [0, 0.1) is 0 Å². The van der Waals surface area contributed by atoms with Gasteiger partial charge in [0.25, 0.3) is 0 Å². The molecule has 0 amide bonds. The van der Waals surface area contributed by atoms with Crippen LogP contribution in [-0.4, -0.2) is 28.0 Å². The average molecular weight is 346 g/mol. The Labute approximate surface area is 110 Å². The molecule has 0 bridgehead atoms. The minimum absolute atomic E-state index is 0.389. The van der Waals surface area contributed by atoms with E-state index in [4.69, 9.17) is 16.3 Å². The van der Waals surface area contributed by atoms with Gasteiger partial charge in [0.05, 0.1) is 0 Å². The Kier molecular flexibility index (Phi) is 4.12. The van der Waals surface area contributed by atoms with E-state index in [1.807, 2.05) is 30.3 Å². The van der Waals surface area contributed by atoms with Gasteiger partial charge in [-0.15, -0.1) is 0 Å². The van der Waals surface area contributed by atoms with Gasteiger partial charge in [-0.25, -0.2) is 0 Å². The van der Waals surface area contributed by atoms with Crippen molar-refractivity contribution in [3.05, 3.63) is 53.6 Å². The van der Waals surface area contributed by atoms with E-state index in [2.05, 4.69) is 18.2 Å². The standard InChI is InChI=1S/C13H11ClOTe/c1-15-10-6-8-11(9-7-10)16-13-5-3-2-4-12(13)14/h2-9H,1H3. The molecule has 16 heavy (non-hydrogen) atoms. The number of halogens is 1. The molecule has 1 nitrogen and oxygen atoms in total. The van der Waals surface area contributed by atoms with Crippen LogP contribution in [0.15, 0.2) is 48.5 Å². The van der Waals surface area contributed by atoms with E-state index in [0.717, 1.165) is 10.8 Å². The minimum atomic E-state index is -0.389. The van der Waals surface area contributed by atoms with Gasteiger partial charge in [0, 0.05) is 0 Å². The quantitative estimate of drug-likeness (QED) is 0.773. The molecule has 0 saturated carbocycles. The predicted octanol–water partition coefficient (Wildman–Crippen LogP) is 2.00. The van der Waals surface area contributed by atoms with Crippen LogP contribution in [-0.2, 0) is 0 Å². The zero-order chi connectivity index (χ0) is 11.4. The molecule has 0 spiro atoms. The third-order valence-electron chi connectivity index (χ3n) is 2.12. The van der Waals surface area contributed by atoms with Crippen LogP contribution in [0.25, 0.3) is 0 Å². The first-order valence-electron chi connectivity index (χ1n) is 4.86. The number of ether oxygens (including phenoxy) is 1. The van der Waals surface area contributed by atoms with Crippen molar-refractivity contribution in [1.29, 1.82) is 0 Å². The van der Waals surface area contributed by atoms with E-state index in [-0.39, 0.29) is 20.9 Å². The fourth-order valence-corrected chi connectivity index (χ4v) is 4.09. The summed E-state index contributed by atoms with van der Waals surface area (Å²) in [5.41, 5.74) is 0. The molecule has 2 aromatic carbocycles. The van der Waals surface area contributed by atoms with Crippen molar-refractivity contribution in [3.63, 3.8) is 0 Å². The monoisotopic (exact) mass is 348 g/mol. The van der Waals surface area contributed by atoms with Crippen LogP contribution >= 0.6 is 11.6 Å². The predicted molar refractivity (Wildman–Crippen MR) is 69.5 cm³/mol.